The topological polar surface area (TPSA) is 0 Å². The summed E-state index contributed by atoms with van der Waals surface area (Å²) in [5, 5.41) is 0. The molecule has 0 aromatic heterocycles. The zero-order valence-electron chi connectivity index (χ0n) is 2.07. The molecule has 5 heavy (non-hydrogen) atoms. The van der Waals surface area contributed by atoms with Gasteiger partial charge in [-0.15, -0.1) is 0 Å². The predicted molar refractivity (Wildman–Crippen MR) is 5.36 cm³/mol. The molecular weight excluding hydrogens is 388 g/mol. The number of rotatable bonds is 0. The Morgan fingerprint density at radius 1 is 0.600 bits per heavy atom. The molecule has 4 heteroatoms. The van der Waals surface area contributed by atoms with E-state index in [4.69, 9.17) is 0 Å². The smallest absolute Gasteiger partial charge is 1.00 e. The molecule has 0 rings (SSSR count). The summed E-state index contributed by atoms with van der Waals surface area (Å²) in [5.41, 5.74) is 0. The van der Waals surface area contributed by atoms with Crippen LogP contribution in [-0.4, -0.2) is 0 Å². The first-order chi connectivity index (χ1) is 0. The second-order valence-corrected chi connectivity index (χ2v) is 0. The van der Waals surface area contributed by atoms with Crippen molar-refractivity contribution in [3.63, 3.8) is 0 Å². The molecule has 42 valence electrons. The third-order valence-electron chi connectivity index (χ3n) is 0. The van der Waals surface area contributed by atoms with Gasteiger partial charge in [-0.1, -0.05) is 7.43 Å². The molecule has 0 spiro atoms. The average molecular weight is 390 g/mol. The second kappa shape index (κ2) is 32.0. The molecule has 0 atom stereocenters. The van der Waals surface area contributed by atoms with Crippen LogP contribution in [0.3, 0.4) is 0 Å². The van der Waals surface area contributed by atoms with Crippen molar-refractivity contribution < 1.29 is 78.7 Å². The van der Waals surface area contributed by atoms with Gasteiger partial charge in [0, 0.05) is 0 Å². The molecule has 0 aromatic carbocycles. The first-order valence-electron chi connectivity index (χ1n) is 0. The first kappa shape index (κ1) is 51.8. The summed E-state index contributed by atoms with van der Waals surface area (Å²) in [6.45, 7) is 0. The van der Waals surface area contributed by atoms with Gasteiger partial charge in [0.15, 0.2) is 0 Å². The summed E-state index contributed by atoms with van der Waals surface area (Å²) in [6, 6.07) is 0. The molecule has 0 aliphatic heterocycles. The Bertz CT molecular complexity index is 7.61. The van der Waals surface area contributed by atoms with Gasteiger partial charge in [0.25, 0.3) is 0 Å². The van der Waals surface area contributed by atoms with E-state index in [1.807, 2.05) is 0 Å². The minimum atomic E-state index is 0. The molecule has 0 aromatic rings. The molecule has 0 aliphatic rings. The minimum absolute atomic E-state index is 0. The van der Waals surface area contributed by atoms with Gasteiger partial charge >= 0.3 is 44.8 Å². The van der Waals surface area contributed by atoms with E-state index in [-0.39, 0.29) is 86.2 Å². The van der Waals surface area contributed by atoms with Gasteiger partial charge < -0.3 is 34.0 Å². The van der Waals surface area contributed by atoms with Crippen LogP contribution in [0.15, 0.2) is 0 Å². The van der Waals surface area contributed by atoms with Crippen molar-refractivity contribution in [1.82, 2.24) is 0 Å². The average Bonchev–Trinajstić information content (AvgIpc) is 0. The van der Waals surface area contributed by atoms with Crippen LogP contribution in [0.1, 0.15) is 0 Å². The van der Waals surface area contributed by atoms with Crippen LogP contribution in [0.4, 0.5) is 0 Å². The van der Waals surface area contributed by atoms with Gasteiger partial charge in [0.05, 0.1) is 0 Å². The Hall–Kier alpha value is 2.44. The monoisotopic (exact) mass is 386 g/mol. The van der Waals surface area contributed by atoms with E-state index >= 15 is 0 Å². The summed E-state index contributed by atoms with van der Waals surface area (Å²) in [4.78, 5) is 0. The molecule has 0 heterocycles. The van der Waals surface area contributed by atoms with Crippen molar-refractivity contribution in [3.8, 4) is 0 Å². The van der Waals surface area contributed by atoms with Gasteiger partial charge in [0.2, 0.25) is 0 Å². The van der Waals surface area contributed by atoms with Crippen molar-refractivity contribution in [2.75, 3.05) is 0 Å². The van der Waals surface area contributed by atoms with Gasteiger partial charge in [0.1, 0.15) is 0 Å². The fraction of sp³-hybridized carbons (Fsp3) is 0. The normalized spacial score (nSPS) is 0. The zero-order valence-corrected chi connectivity index (χ0v) is 8.20. The van der Waals surface area contributed by atoms with Crippen molar-refractivity contribution in [2.24, 2.45) is 0 Å². The van der Waals surface area contributed by atoms with E-state index in [0.717, 1.165) is 0 Å². The molecule has 0 unspecified atom stereocenters. The predicted octanol–water partition coefficient (Wildman–Crippen LogP) is -5.67. The molecule has 0 fully saturated rings. The molecule has 2 radical (unpaired) electrons. The SMILES string of the molecule is [Ag+].[Ag+].[Br-].[Br-].[CH2]. The van der Waals surface area contributed by atoms with E-state index in [2.05, 4.69) is 0 Å². The van der Waals surface area contributed by atoms with Crippen molar-refractivity contribution in [1.29, 1.82) is 0 Å². The van der Waals surface area contributed by atoms with E-state index < -0.39 is 0 Å². The summed E-state index contributed by atoms with van der Waals surface area (Å²) >= 11 is 0. The fourth-order valence-corrected chi connectivity index (χ4v) is 0. The number of halogens is 2. The fourth-order valence-electron chi connectivity index (χ4n) is 0. The van der Waals surface area contributed by atoms with Crippen LogP contribution in [0.25, 0.3) is 0 Å². The van der Waals surface area contributed by atoms with Crippen molar-refractivity contribution >= 4 is 0 Å². The van der Waals surface area contributed by atoms with E-state index in [1.54, 1.807) is 0 Å². The molecule has 0 N–H and O–H groups in total. The maximum absolute atomic E-state index is 0. The maximum atomic E-state index is 0. The molecular formula is CH2Ag2Br2. The largest absolute Gasteiger partial charge is 1.00 e. The van der Waals surface area contributed by atoms with Gasteiger partial charge in [-0.3, -0.25) is 0 Å². The quantitative estimate of drug-likeness (QED) is 0.363. The van der Waals surface area contributed by atoms with Crippen LogP contribution >= 0.6 is 0 Å². The van der Waals surface area contributed by atoms with Crippen LogP contribution in [0.2, 0.25) is 0 Å². The first-order valence-corrected chi connectivity index (χ1v) is 0. The standard InChI is InChI=1S/CH2.2Ag.2BrH/h1H2;;;2*1H/q;2*+1;;/p-2. The second-order valence-electron chi connectivity index (χ2n) is 0. The molecule has 0 bridgehead atoms. The van der Waals surface area contributed by atoms with Crippen LogP contribution < -0.4 is 34.0 Å². The summed E-state index contributed by atoms with van der Waals surface area (Å²) in [5.74, 6) is 0. The van der Waals surface area contributed by atoms with E-state index in [9.17, 15) is 0 Å². The third-order valence-corrected chi connectivity index (χ3v) is 0. The van der Waals surface area contributed by atoms with E-state index in [1.165, 1.54) is 0 Å². The van der Waals surface area contributed by atoms with Crippen LogP contribution in [-0.2, 0) is 44.8 Å². The zero-order chi connectivity index (χ0) is 0. The maximum Gasteiger partial charge on any atom is 1.00 e. The van der Waals surface area contributed by atoms with E-state index in [0.29, 0.717) is 0 Å². The molecule has 0 nitrogen and oxygen atoms in total. The van der Waals surface area contributed by atoms with Gasteiger partial charge in [-0.25, -0.2) is 0 Å². The molecule has 0 saturated carbocycles. The summed E-state index contributed by atoms with van der Waals surface area (Å²) in [7, 11) is 0. The Morgan fingerprint density at radius 2 is 0.600 bits per heavy atom. The molecule has 0 amide bonds. The minimum Gasteiger partial charge on any atom is -1.00 e. The molecule has 0 saturated heterocycles. The number of hydrogen-bond acceptors (Lipinski definition) is 0. The number of hydrogen-bond donors (Lipinski definition) is 0. The van der Waals surface area contributed by atoms with Gasteiger partial charge in [-0.05, 0) is 0 Å². The Kier molecular flexibility index (Phi) is 332. The van der Waals surface area contributed by atoms with Crippen molar-refractivity contribution in [3.05, 3.63) is 7.43 Å². The molecule has 0 aliphatic carbocycles. The Balaban J connectivity index is 0. The van der Waals surface area contributed by atoms with Crippen LogP contribution in [0.5, 0.6) is 0 Å². The van der Waals surface area contributed by atoms with Crippen LogP contribution in [0, 0.1) is 7.43 Å². The summed E-state index contributed by atoms with van der Waals surface area (Å²) < 4.78 is 0. The Labute approximate surface area is 85.0 Å². The third kappa shape index (κ3) is 21.3. The van der Waals surface area contributed by atoms with Gasteiger partial charge in [-0.2, -0.15) is 0 Å². The van der Waals surface area contributed by atoms with Crippen molar-refractivity contribution in [2.45, 2.75) is 0 Å². The summed E-state index contributed by atoms with van der Waals surface area (Å²) in [6.07, 6.45) is 0. The Morgan fingerprint density at radius 3 is 0.600 bits per heavy atom.